The number of rotatable bonds is 3. The van der Waals surface area contributed by atoms with Crippen molar-refractivity contribution in [2.75, 3.05) is 26.2 Å². The molecule has 3 heterocycles. The lowest BCUT2D eigenvalue weighted by Gasteiger charge is -2.33. The standard InChI is InChI=1S/C19H23N3O/c1-14-10-20-19(21-14)17-6-4-8-22(12-17)11-15-9-16-5-2-3-7-18(16)23-13-15/h2-3,5,7,9-10,17H,4,6,8,11-13H2,1H3,(H,20,21). The summed E-state index contributed by atoms with van der Waals surface area (Å²) in [4.78, 5) is 10.5. The van der Waals surface area contributed by atoms with E-state index in [1.54, 1.807) is 0 Å². The lowest BCUT2D eigenvalue weighted by molar-refractivity contribution is 0.211. The van der Waals surface area contributed by atoms with Gasteiger partial charge in [-0.05, 0) is 44.0 Å². The van der Waals surface area contributed by atoms with Gasteiger partial charge in [0.15, 0.2) is 0 Å². The summed E-state index contributed by atoms with van der Waals surface area (Å²) in [6.07, 6.45) is 6.68. The van der Waals surface area contributed by atoms with Crippen molar-refractivity contribution in [3.8, 4) is 5.75 Å². The zero-order valence-corrected chi connectivity index (χ0v) is 13.6. The maximum Gasteiger partial charge on any atom is 0.127 e. The van der Waals surface area contributed by atoms with Crippen LogP contribution in [0.5, 0.6) is 5.75 Å². The molecule has 1 N–H and O–H groups in total. The second-order valence-corrected chi connectivity index (χ2v) is 6.65. The Kier molecular flexibility index (Phi) is 3.92. The average molecular weight is 309 g/mol. The highest BCUT2D eigenvalue weighted by Crippen LogP contribution is 2.28. The van der Waals surface area contributed by atoms with Gasteiger partial charge in [0.05, 0.1) is 0 Å². The van der Waals surface area contributed by atoms with Crippen LogP contribution in [0.3, 0.4) is 0 Å². The molecule has 1 aromatic carbocycles. The Balaban J connectivity index is 1.44. The summed E-state index contributed by atoms with van der Waals surface area (Å²) in [6.45, 7) is 6.00. The number of aryl methyl sites for hydroxylation is 1. The third-order valence-corrected chi connectivity index (χ3v) is 4.73. The number of aromatic amines is 1. The smallest absolute Gasteiger partial charge is 0.127 e. The van der Waals surface area contributed by atoms with Gasteiger partial charge in [-0.2, -0.15) is 0 Å². The van der Waals surface area contributed by atoms with Crippen LogP contribution in [0.2, 0.25) is 0 Å². The van der Waals surface area contributed by atoms with E-state index in [-0.39, 0.29) is 0 Å². The van der Waals surface area contributed by atoms with Crippen molar-refractivity contribution in [2.45, 2.75) is 25.7 Å². The fourth-order valence-corrected chi connectivity index (χ4v) is 3.60. The summed E-state index contributed by atoms with van der Waals surface area (Å²) < 4.78 is 5.88. The van der Waals surface area contributed by atoms with Crippen LogP contribution in [0, 0.1) is 6.92 Å². The van der Waals surface area contributed by atoms with Crippen molar-refractivity contribution in [1.29, 1.82) is 0 Å². The van der Waals surface area contributed by atoms with Gasteiger partial charge >= 0.3 is 0 Å². The Bertz CT molecular complexity index is 719. The molecule has 1 aromatic heterocycles. The van der Waals surface area contributed by atoms with Crippen molar-refractivity contribution in [3.05, 3.63) is 53.1 Å². The summed E-state index contributed by atoms with van der Waals surface area (Å²) in [5, 5.41) is 0. The maximum absolute atomic E-state index is 5.88. The molecular weight excluding hydrogens is 286 g/mol. The Morgan fingerprint density at radius 1 is 1.35 bits per heavy atom. The molecule has 120 valence electrons. The van der Waals surface area contributed by atoms with Gasteiger partial charge in [0.25, 0.3) is 0 Å². The van der Waals surface area contributed by atoms with Crippen LogP contribution in [0.25, 0.3) is 6.08 Å². The number of fused-ring (bicyclic) bond motifs is 1. The fourth-order valence-electron chi connectivity index (χ4n) is 3.60. The largest absolute Gasteiger partial charge is 0.489 e. The molecule has 0 spiro atoms. The van der Waals surface area contributed by atoms with Crippen LogP contribution in [0.15, 0.2) is 36.0 Å². The first-order valence-electron chi connectivity index (χ1n) is 8.43. The number of hydrogen-bond acceptors (Lipinski definition) is 3. The van der Waals surface area contributed by atoms with Crippen LogP contribution in [-0.4, -0.2) is 41.1 Å². The quantitative estimate of drug-likeness (QED) is 0.945. The SMILES string of the molecule is Cc1cnc(C2CCCN(CC3=Cc4ccccc4OC3)C2)[nH]1. The van der Waals surface area contributed by atoms with Gasteiger partial charge in [-0.15, -0.1) is 0 Å². The van der Waals surface area contributed by atoms with Crippen LogP contribution in [-0.2, 0) is 0 Å². The lowest BCUT2D eigenvalue weighted by Crippen LogP contribution is -2.37. The molecule has 1 atom stereocenters. The first-order chi connectivity index (χ1) is 11.3. The number of piperidine rings is 1. The molecule has 1 saturated heterocycles. The van der Waals surface area contributed by atoms with Crippen LogP contribution < -0.4 is 4.74 Å². The predicted molar refractivity (Wildman–Crippen MR) is 91.7 cm³/mol. The molecule has 1 fully saturated rings. The minimum absolute atomic E-state index is 0.523. The molecule has 4 heteroatoms. The summed E-state index contributed by atoms with van der Waals surface area (Å²) in [5.74, 6) is 2.67. The topological polar surface area (TPSA) is 41.2 Å². The normalized spacial score (nSPS) is 21.4. The molecule has 2 aliphatic heterocycles. The number of aromatic nitrogens is 2. The van der Waals surface area contributed by atoms with Gasteiger partial charge in [-0.3, -0.25) is 4.90 Å². The first-order valence-corrected chi connectivity index (χ1v) is 8.43. The molecule has 0 aliphatic carbocycles. The highest BCUT2D eigenvalue weighted by molar-refractivity contribution is 5.62. The maximum atomic E-state index is 5.88. The number of nitrogens with one attached hydrogen (secondary N) is 1. The van der Waals surface area contributed by atoms with E-state index in [4.69, 9.17) is 4.74 Å². The number of hydrogen-bond donors (Lipinski definition) is 1. The van der Waals surface area contributed by atoms with Gasteiger partial charge in [0.1, 0.15) is 18.2 Å². The van der Waals surface area contributed by atoms with E-state index in [1.165, 1.54) is 24.0 Å². The van der Waals surface area contributed by atoms with Crippen molar-refractivity contribution < 1.29 is 4.74 Å². The van der Waals surface area contributed by atoms with Gasteiger partial charge in [0, 0.05) is 36.5 Å². The molecule has 0 bridgehead atoms. The number of para-hydroxylation sites is 1. The van der Waals surface area contributed by atoms with E-state index < -0.39 is 0 Å². The van der Waals surface area contributed by atoms with Gasteiger partial charge < -0.3 is 9.72 Å². The number of ether oxygens (including phenoxy) is 1. The fraction of sp³-hybridized carbons (Fsp3) is 0.421. The monoisotopic (exact) mass is 309 g/mol. The van der Waals surface area contributed by atoms with Gasteiger partial charge in [-0.1, -0.05) is 18.2 Å². The molecular formula is C19H23N3O. The first kappa shape index (κ1) is 14.5. The Hall–Kier alpha value is -2.07. The average Bonchev–Trinajstić information content (AvgIpc) is 3.02. The molecule has 0 amide bonds. The molecule has 4 nitrogen and oxygen atoms in total. The van der Waals surface area contributed by atoms with E-state index in [1.807, 2.05) is 18.3 Å². The third-order valence-electron chi connectivity index (χ3n) is 4.73. The highest BCUT2D eigenvalue weighted by Gasteiger charge is 2.24. The highest BCUT2D eigenvalue weighted by atomic mass is 16.5. The number of imidazole rings is 1. The van der Waals surface area contributed by atoms with Crippen molar-refractivity contribution in [3.63, 3.8) is 0 Å². The lowest BCUT2D eigenvalue weighted by atomic mass is 9.96. The van der Waals surface area contributed by atoms with Gasteiger partial charge in [-0.25, -0.2) is 4.98 Å². The zero-order valence-electron chi connectivity index (χ0n) is 13.6. The molecule has 0 saturated carbocycles. The second-order valence-electron chi connectivity index (χ2n) is 6.65. The van der Waals surface area contributed by atoms with E-state index >= 15 is 0 Å². The second kappa shape index (κ2) is 6.20. The Labute approximate surface area is 137 Å². The van der Waals surface area contributed by atoms with E-state index in [0.717, 1.165) is 36.9 Å². The zero-order chi connectivity index (χ0) is 15.6. The minimum atomic E-state index is 0.523. The molecule has 4 rings (SSSR count). The summed E-state index contributed by atoms with van der Waals surface area (Å²) >= 11 is 0. The summed E-state index contributed by atoms with van der Waals surface area (Å²) in [5.41, 5.74) is 3.71. The Morgan fingerprint density at radius 3 is 3.13 bits per heavy atom. The van der Waals surface area contributed by atoms with Crippen molar-refractivity contribution in [1.82, 2.24) is 14.9 Å². The van der Waals surface area contributed by atoms with E-state index in [9.17, 15) is 0 Å². The summed E-state index contributed by atoms with van der Waals surface area (Å²) in [6, 6.07) is 8.26. The number of likely N-dealkylation sites (tertiary alicyclic amines) is 1. The third kappa shape index (κ3) is 3.17. The number of nitrogens with zero attached hydrogens (tertiary/aromatic N) is 2. The summed E-state index contributed by atoms with van der Waals surface area (Å²) in [7, 11) is 0. The molecule has 2 aliphatic rings. The van der Waals surface area contributed by atoms with E-state index in [0.29, 0.717) is 12.5 Å². The van der Waals surface area contributed by atoms with E-state index in [2.05, 4.69) is 40.0 Å². The van der Waals surface area contributed by atoms with Crippen molar-refractivity contribution >= 4 is 6.08 Å². The minimum Gasteiger partial charge on any atom is -0.489 e. The predicted octanol–water partition coefficient (Wildman–Crippen LogP) is 3.37. The molecule has 2 aromatic rings. The van der Waals surface area contributed by atoms with Crippen molar-refractivity contribution in [2.24, 2.45) is 0 Å². The molecule has 1 unspecified atom stereocenters. The molecule has 0 radical (unpaired) electrons. The Morgan fingerprint density at radius 2 is 2.26 bits per heavy atom. The number of benzene rings is 1. The van der Waals surface area contributed by atoms with Gasteiger partial charge in [0.2, 0.25) is 0 Å². The molecule has 23 heavy (non-hydrogen) atoms. The number of H-pyrrole nitrogens is 1. The van der Waals surface area contributed by atoms with Crippen LogP contribution >= 0.6 is 0 Å². The van der Waals surface area contributed by atoms with Crippen LogP contribution in [0.4, 0.5) is 0 Å². The van der Waals surface area contributed by atoms with Crippen LogP contribution in [0.1, 0.15) is 35.8 Å².